The first-order valence-corrected chi connectivity index (χ1v) is 8.84. The molecule has 0 bridgehead atoms. The molecule has 0 radical (unpaired) electrons. The standard InChI is InChI=1S/C14H25NO2Si/c1-4-18(16-2,17-3)12-8-11-15-13-14-9-6-5-7-10-14/h5-7,9-10,15H,4,8,11-13H2,1-3H3. The normalized spacial score (nSPS) is 11.7. The van der Waals surface area contributed by atoms with E-state index in [-0.39, 0.29) is 0 Å². The number of rotatable bonds is 9. The largest absolute Gasteiger partial charge is 0.398 e. The molecule has 1 rings (SSSR count). The second-order valence-electron chi connectivity index (χ2n) is 4.44. The zero-order valence-corrected chi connectivity index (χ0v) is 12.7. The summed E-state index contributed by atoms with van der Waals surface area (Å²) in [6, 6.07) is 12.5. The lowest BCUT2D eigenvalue weighted by Crippen LogP contribution is -2.39. The summed E-state index contributed by atoms with van der Waals surface area (Å²) >= 11 is 0. The van der Waals surface area contributed by atoms with Crippen LogP contribution in [0.5, 0.6) is 0 Å². The predicted molar refractivity (Wildman–Crippen MR) is 77.8 cm³/mol. The van der Waals surface area contributed by atoms with Crippen molar-refractivity contribution < 1.29 is 8.85 Å². The van der Waals surface area contributed by atoms with Crippen molar-refractivity contribution in [1.29, 1.82) is 0 Å². The van der Waals surface area contributed by atoms with E-state index in [2.05, 4.69) is 36.5 Å². The lowest BCUT2D eigenvalue weighted by Gasteiger charge is -2.25. The van der Waals surface area contributed by atoms with Crippen LogP contribution in [0.3, 0.4) is 0 Å². The molecule has 0 saturated heterocycles. The molecule has 0 heterocycles. The topological polar surface area (TPSA) is 30.5 Å². The van der Waals surface area contributed by atoms with E-state index in [9.17, 15) is 0 Å². The van der Waals surface area contributed by atoms with Gasteiger partial charge in [0.15, 0.2) is 0 Å². The SMILES string of the molecule is CC[Si](CCCNCc1ccccc1)(OC)OC. The fraction of sp³-hybridized carbons (Fsp3) is 0.571. The number of nitrogens with one attached hydrogen (secondary N) is 1. The summed E-state index contributed by atoms with van der Waals surface area (Å²) < 4.78 is 11.2. The van der Waals surface area contributed by atoms with Crippen molar-refractivity contribution >= 4 is 8.56 Å². The average Bonchev–Trinajstić information content (AvgIpc) is 2.45. The molecule has 0 fully saturated rings. The molecule has 0 aliphatic heterocycles. The van der Waals surface area contributed by atoms with Crippen LogP contribution in [0.4, 0.5) is 0 Å². The summed E-state index contributed by atoms with van der Waals surface area (Å²) in [7, 11) is 1.66. The molecule has 1 N–H and O–H groups in total. The molecule has 0 aromatic heterocycles. The van der Waals surface area contributed by atoms with Gasteiger partial charge in [0.1, 0.15) is 0 Å². The first-order chi connectivity index (χ1) is 8.76. The lowest BCUT2D eigenvalue weighted by molar-refractivity contribution is 0.241. The van der Waals surface area contributed by atoms with E-state index in [4.69, 9.17) is 8.85 Å². The Morgan fingerprint density at radius 2 is 1.78 bits per heavy atom. The summed E-state index contributed by atoms with van der Waals surface area (Å²) in [6.45, 7) is 4.09. The fourth-order valence-electron chi connectivity index (χ4n) is 2.06. The zero-order valence-electron chi connectivity index (χ0n) is 11.7. The summed E-state index contributed by atoms with van der Waals surface area (Å²) in [6.07, 6.45) is 1.11. The molecule has 1 aromatic carbocycles. The number of hydrogen-bond donors (Lipinski definition) is 1. The van der Waals surface area contributed by atoms with E-state index in [1.165, 1.54) is 5.56 Å². The Balaban J connectivity index is 2.18. The Morgan fingerprint density at radius 1 is 1.11 bits per heavy atom. The van der Waals surface area contributed by atoms with Crippen molar-refractivity contribution in [2.75, 3.05) is 20.8 Å². The highest BCUT2D eigenvalue weighted by Gasteiger charge is 2.32. The summed E-state index contributed by atoms with van der Waals surface area (Å²) in [5.74, 6) is 0. The van der Waals surface area contributed by atoms with Crippen LogP contribution in [0, 0.1) is 0 Å². The first kappa shape index (κ1) is 15.4. The highest BCUT2D eigenvalue weighted by atomic mass is 28.4. The molecule has 0 saturated carbocycles. The minimum atomic E-state index is -1.89. The second-order valence-corrected chi connectivity index (χ2v) is 8.28. The Morgan fingerprint density at radius 3 is 2.33 bits per heavy atom. The van der Waals surface area contributed by atoms with Crippen LogP contribution in [-0.4, -0.2) is 29.3 Å². The Bertz CT molecular complexity index is 307. The molecule has 1 aromatic rings. The van der Waals surface area contributed by atoms with E-state index < -0.39 is 8.56 Å². The van der Waals surface area contributed by atoms with Crippen molar-refractivity contribution in [3.8, 4) is 0 Å². The lowest BCUT2D eigenvalue weighted by atomic mass is 10.2. The van der Waals surface area contributed by atoms with Gasteiger partial charge in [0.25, 0.3) is 0 Å². The van der Waals surface area contributed by atoms with E-state index in [1.54, 1.807) is 14.2 Å². The van der Waals surface area contributed by atoms with Crippen molar-refractivity contribution in [2.45, 2.75) is 32.0 Å². The quantitative estimate of drug-likeness (QED) is 0.551. The molecule has 18 heavy (non-hydrogen) atoms. The third kappa shape index (κ3) is 4.90. The zero-order chi connectivity index (χ0) is 13.3. The Labute approximate surface area is 112 Å². The predicted octanol–water partition coefficient (Wildman–Crippen LogP) is 2.92. The molecule has 3 nitrogen and oxygen atoms in total. The molecular formula is C14H25NO2Si. The van der Waals surface area contributed by atoms with Gasteiger partial charge in [-0.25, -0.2) is 0 Å². The number of benzene rings is 1. The van der Waals surface area contributed by atoms with Gasteiger partial charge in [-0.05, 0) is 30.6 Å². The van der Waals surface area contributed by atoms with Gasteiger partial charge >= 0.3 is 8.56 Å². The van der Waals surface area contributed by atoms with Gasteiger partial charge in [0, 0.05) is 20.8 Å². The maximum absolute atomic E-state index is 5.59. The van der Waals surface area contributed by atoms with Gasteiger partial charge in [-0.3, -0.25) is 0 Å². The molecule has 0 spiro atoms. The summed E-state index contributed by atoms with van der Waals surface area (Å²) in [5.41, 5.74) is 1.33. The molecular weight excluding hydrogens is 242 g/mol. The maximum Gasteiger partial charge on any atom is 0.337 e. The maximum atomic E-state index is 5.59. The third-order valence-corrected chi connectivity index (χ3v) is 7.05. The monoisotopic (exact) mass is 267 g/mol. The first-order valence-electron chi connectivity index (χ1n) is 6.61. The van der Waals surface area contributed by atoms with Crippen molar-refractivity contribution in [3.63, 3.8) is 0 Å². The molecule has 0 unspecified atom stereocenters. The van der Waals surface area contributed by atoms with Crippen molar-refractivity contribution in [1.82, 2.24) is 5.32 Å². The molecule has 0 aliphatic carbocycles. The van der Waals surface area contributed by atoms with Crippen molar-refractivity contribution in [2.24, 2.45) is 0 Å². The van der Waals surface area contributed by atoms with Crippen LogP contribution in [0.2, 0.25) is 12.1 Å². The Kier molecular flexibility index (Phi) is 7.20. The van der Waals surface area contributed by atoms with Gasteiger partial charge in [0.2, 0.25) is 0 Å². The van der Waals surface area contributed by atoms with Crippen LogP contribution in [0.1, 0.15) is 18.9 Å². The highest BCUT2D eigenvalue weighted by Crippen LogP contribution is 2.18. The van der Waals surface area contributed by atoms with Gasteiger partial charge in [-0.2, -0.15) is 0 Å². The molecule has 0 atom stereocenters. The fourth-order valence-corrected chi connectivity index (χ4v) is 4.29. The van der Waals surface area contributed by atoms with Crippen LogP contribution in [0.15, 0.2) is 30.3 Å². The Hall–Kier alpha value is -0.683. The second kappa shape index (κ2) is 8.42. The van der Waals surface area contributed by atoms with Gasteiger partial charge < -0.3 is 14.2 Å². The van der Waals surface area contributed by atoms with Crippen LogP contribution in [0.25, 0.3) is 0 Å². The molecule has 0 aliphatic rings. The number of hydrogen-bond acceptors (Lipinski definition) is 3. The van der Waals surface area contributed by atoms with Crippen LogP contribution in [-0.2, 0) is 15.4 Å². The minimum absolute atomic E-state index is 0.932. The molecule has 0 amide bonds. The summed E-state index contributed by atoms with van der Waals surface area (Å²) in [5, 5.41) is 3.46. The van der Waals surface area contributed by atoms with Gasteiger partial charge in [-0.1, -0.05) is 37.3 Å². The average molecular weight is 267 g/mol. The highest BCUT2D eigenvalue weighted by molar-refractivity contribution is 6.67. The van der Waals surface area contributed by atoms with E-state index in [0.717, 1.165) is 31.6 Å². The smallest absolute Gasteiger partial charge is 0.337 e. The van der Waals surface area contributed by atoms with E-state index in [0.29, 0.717) is 0 Å². The summed E-state index contributed by atoms with van der Waals surface area (Å²) in [4.78, 5) is 0. The van der Waals surface area contributed by atoms with Gasteiger partial charge in [-0.15, -0.1) is 0 Å². The molecule has 4 heteroatoms. The third-order valence-electron chi connectivity index (χ3n) is 3.37. The molecule has 102 valence electrons. The van der Waals surface area contributed by atoms with E-state index >= 15 is 0 Å². The van der Waals surface area contributed by atoms with Gasteiger partial charge in [0.05, 0.1) is 0 Å². The van der Waals surface area contributed by atoms with Crippen LogP contribution < -0.4 is 5.32 Å². The van der Waals surface area contributed by atoms with Crippen LogP contribution >= 0.6 is 0 Å². The minimum Gasteiger partial charge on any atom is -0.398 e. The van der Waals surface area contributed by atoms with E-state index in [1.807, 2.05) is 6.07 Å². The van der Waals surface area contributed by atoms with Crippen molar-refractivity contribution in [3.05, 3.63) is 35.9 Å².